The molecule has 0 aliphatic carbocycles. The SMILES string of the molecule is C=C[Si](OCC)(OCC)OCC.C=Cc1ccccc1C. The summed E-state index contributed by atoms with van der Waals surface area (Å²) in [4.78, 5) is 0. The van der Waals surface area contributed by atoms with Gasteiger partial charge in [-0.25, -0.2) is 0 Å². The molecule has 21 heavy (non-hydrogen) atoms. The summed E-state index contributed by atoms with van der Waals surface area (Å²) in [5.41, 5.74) is 4.17. The van der Waals surface area contributed by atoms with Gasteiger partial charge in [0.2, 0.25) is 0 Å². The monoisotopic (exact) mass is 308 g/mol. The van der Waals surface area contributed by atoms with Crippen LogP contribution in [-0.2, 0) is 13.3 Å². The van der Waals surface area contributed by atoms with Crippen LogP contribution in [0.5, 0.6) is 0 Å². The molecule has 0 aliphatic rings. The topological polar surface area (TPSA) is 27.7 Å². The summed E-state index contributed by atoms with van der Waals surface area (Å²) >= 11 is 0. The Labute approximate surface area is 130 Å². The lowest BCUT2D eigenvalue weighted by atomic mass is 10.1. The minimum Gasteiger partial charge on any atom is -0.371 e. The second-order valence-corrected chi connectivity index (χ2v) is 6.65. The zero-order chi connectivity index (χ0) is 16.1. The molecule has 0 heterocycles. The van der Waals surface area contributed by atoms with E-state index in [9.17, 15) is 0 Å². The van der Waals surface area contributed by atoms with Crippen molar-refractivity contribution in [2.24, 2.45) is 0 Å². The lowest BCUT2D eigenvalue weighted by Gasteiger charge is -2.24. The number of aryl methyl sites for hydroxylation is 1. The van der Waals surface area contributed by atoms with Crippen LogP contribution in [0.2, 0.25) is 0 Å². The molecule has 0 radical (unpaired) electrons. The molecule has 1 aromatic carbocycles. The smallest absolute Gasteiger partial charge is 0.371 e. The van der Waals surface area contributed by atoms with Gasteiger partial charge < -0.3 is 13.3 Å². The first-order valence-corrected chi connectivity index (χ1v) is 9.12. The van der Waals surface area contributed by atoms with E-state index in [1.807, 2.05) is 39.0 Å². The zero-order valence-electron chi connectivity index (χ0n) is 13.7. The third kappa shape index (κ3) is 7.39. The van der Waals surface area contributed by atoms with Crippen molar-refractivity contribution in [1.29, 1.82) is 0 Å². The van der Waals surface area contributed by atoms with Crippen LogP contribution in [0.1, 0.15) is 31.9 Å². The molecule has 3 nitrogen and oxygen atoms in total. The van der Waals surface area contributed by atoms with E-state index in [1.165, 1.54) is 11.1 Å². The molecular weight excluding hydrogens is 280 g/mol. The summed E-state index contributed by atoms with van der Waals surface area (Å²) in [6.45, 7) is 17.0. The van der Waals surface area contributed by atoms with Gasteiger partial charge in [-0.1, -0.05) is 43.5 Å². The predicted molar refractivity (Wildman–Crippen MR) is 92.1 cm³/mol. The first-order chi connectivity index (χ1) is 10.1. The first kappa shape index (κ1) is 19.8. The van der Waals surface area contributed by atoms with Crippen LogP contribution in [0.25, 0.3) is 6.08 Å². The van der Waals surface area contributed by atoms with Crippen molar-refractivity contribution in [2.45, 2.75) is 27.7 Å². The van der Waals surface area contributed by atoms with Crippen molar-refractivity contribution in [3.8, 4) is 0 Å². The molecule has 0 unspecified atom stereocenters. The van der Waals surface area contributed by atoms with Crippen molar-refractivity contribution in [1.82, 2.24) is 0 Å². The Morgan fingerprint density at radius 2 is 1.43 bits per heavy atom. The average Bonchev–Trinajstić information content (AvgIpc) is 2.49. The normalized spacial score (nSPS) is 10.5. The number of hydrogen-bond donors (Lipinski definition) is 0. The minimum absolute atomic E-state index is 0.595. The average molecular weight is 308 g/mol. The van der Waals surface area contributed by atoms with E-state index >= 15 is 0 Å². The molecule has 0 aliphatic heterocycles. The Kier molecular flexibility index (Phi) is 10.8. The zero-order valence-corrected chi connectivity index (χ0v) is 14.7. The number of hydrogen-bond acceptors (Lipinski definition) is 3. The van der Waals surface area contributed by atoms with Gasteiger partial charge in [-0.15, -0.1) is 0 Å². The quantitative estimate of drug-likeness (QED) is 0.666. The number of benzene rings is 1. The molecule has 1 rings (SSSR count). The van der Waals surface area contributed by atoms with Gasteiger partial charge in [0.05, 0.1) is 0 Å². The fourth-order valence-corrected chi connectivity index (χ4v) is 3.53. The second-order valence-electron chi connectivity index (χ2n) is 4.17. The van der Waals surface area contributed by atoms with Crippen LogP contribution < -0.4 is 0 Å². The largest absolute Gasteiger partial charge is 0.528 e. The summed E-state index contributed by atoms with van der Waals surface area (Å²) in [5.74, 6) is 0. The molecular formula is C17H28O3Si. The molecule has 0 aromatic heterocycles. The Balaban J connectivity index is 0.000000394. The summed E-state index contributed by atoms with van der Waals surface area (Å²) in [6.07, 6.45) is 1.87. The maximum Gasteiger partial charge on any atom is 0.528 e. The Morgan fingerprint density at radius 1 is 0.952 bits per heavy atom. The van der Waals surface area contributed by atoms with E-state index in [0.29, 0.717) is 19.8 Å². The molecule has 0 N–H and O–H groups in total. The summed E-state index contributed by atoms with van der Waals surface area (Å²) in [5, 5.41) is 0. The lowest BCUT2D eigenvalue weighted by Crippen LogP contribution is -2.44. The van der Waals surface area contributed by atoms with Crippen molar-refractivity contribution in [3.63, 3.8) is 0 Å². The Hall–Kier alpha value is -1.20. The maximum atomic E-state index is 5.44. The van der Waals surface area contributed by atoms with E-state index in [1.54, 1.807) is 5.70 Å². The van der Waals surface area contributed by atoms with Crippen molar-refractivity contribution >= 4 is 14.9 Å². The molecule has 0 amide bonds. The highest BCUT2D eigenvalue weighted by molar-refractivity contribution is 6.66. The highest BCUT2D eigenvalue weighted by Crippen LogP contribution is 2.10. The summed E-state index contributed by atoms with van der Waals surface area (Å²) in [7, 11) is -2.51. The van der Waals surface area contributed by atoms with Gasteiger partial charge in [0.15, 0.2) is 0 Å². The maximum absolute atomic E-state index is 5.44. The van der Waals surface area contributed by atoms with Crippen LogP contribution in [0, 0.1) is 6.92 Å². The molecule has 4 heteroatoms. The van der Waals surface area contributed by atoms with Crippen molar-refractivity contribution < 1.29 is 13.3 Å². The van der Waals surface area contributed by atoms with E-state index in [2.05, 4.69) is 32.2 Å². The fourth-order valence-electron chi connectivity index (χ4n) is 1.72. The van der Waals surface area contributed by atoms with E-state index in [-0.39, 0.29) is 0 Å². The predicted octanol–water partition coefficient (Wildman–Crippen LogP) is 4.40. The lowest BCUT2D eigenvalue weighted by molar-refractivity contribution is 0.0844. The van der Waals surface area contributed by atoms with Gasteiger partial charge in [-0.2, -0.15) is 0 Å². The molecule has 0 saturated carbocycles. The highest BCUT2D eigenvalue weighted by atomic mass is 28.4. The van der Waals surface area contributed by atoms with Crippen molar-refractivity contribution in [3.05, 3.63) is 54.2 Å². The van der Waals surface area contributed by atoms with Crippen LogP contribution in [0.4, 0.5) is 0 Å². The molecule has 0 spiro atoms. The summed E-state index contributed by atoms with van der Waals surface area (Å²) < 4.78 is 16.3. The molecule has 0 saturated heterocycles. The van der Waals surface area contributed by atoms with Crippen LogP contribution in [-0.4, -0.2) is 28.6 Å². The van der Waals surface area contributed by atoms with Gasteiger partial charge >= 0.3 is 8.80 Å². The third-order valence-electron chi connectivity index (χ3n) is 2.69. The van der Waals surface area contributed by atoms with Crippen molar-refractivity contribution in [2.75, 3.05) is 19.8 Å². The first-order valence-electron chi connectivity index (χ1n) is 7.32. The summed E-state index contributed by atoms with van der Waals surface area (Å²) in [6, 6.07) is 8.19. The minimum atomic E-state index is -2.51. The van der Waals surface area contributed by atoms with Gasteiger partial charge in [0.1, 0.15) is 0 Å². The van der Waals surface area contributed by atoms with Crippen LogP contribution in [0.15, 0.2) is 43.1 Å². The molecule has 118 valence electrons. The van der Waals surface area contributed by atoms with Gasteiger partial charge in [-0.3, -0.25) is 0 Å². The number of rotatable bonds is 8. The molecule has 0 fully saturated rings. The van der Waals surface area contributed by atoms with Gasteiger partial charge in [0.25, 0.3) is 0 Å². The van der Waals surface area contributed by atoms with Crippen LogP contribution >= 0.6 is 0 Å². The molecule has 0 atom stereocenters. The van der Waals surface area contributed by atoms with Gasteiger partial charge in [0, 0.05) is 19.8 Å². The third-order valence-corrected chi connectivity index (χ3v) is 5.27. The van der Waals surface area contributed by atoms with E-state index in [4.69, 9.17) is 13.3 Å². The Bertz CT molecular complexity index is 401. The highest BCUT2D eigenvalue weighted by Gasteiger charge is 2.36. The Morgan fingerprint density at radius 3 is 1.71 bits per heavy atom. The standard InChI is InChI=1S/C9H10.C8H18O3Si/c1-3-9-7-5-4-6-8(9)2;1-5-9-12(8-4,10-6-2)11-7-3/h3-7H,1H2,2H3;8H,4-7H2,1-3H3. The second kappa shape index (κ2) is 11.5. The van der Waals surface area contributed by atoms with E-state index < -0.39 is 8.80 Å². The van der Waals surface area contributed by atoms with E-state index in [0.717, 1.165) is 0 Å². The van der Waals surface area contributed by atoms with Gasteiger partial charge in [-0.05, 0) is 44.5 Å². The molecule has 1 aromatic rings. The van der Waals surface area contributed by atoms with Crippen LogP contribution in [0.3, 0.4) is 0 Å². The molecule has 0 bridgehead atoms. The fraction of sp³-hybridized carbons (Fsp3) is 0.412.